The molecule has 0 spiro atoms. The van der Waals surface area contributed by atoms with E-state index in [4.69, 9.17) is 28.5 Å². The summed E-state index contributed by atoms with van der Waals surface area (Å²) >= 11 is 12.2. The minimum Gasteiger partial charge on any atom is -0.274 e. The third-order valence-corrected chi connectivity index (χ3v) is 6.37. The number of aromatic nitrogens is 1. The monoisotopic (exact) mass is 433 g/mol. The van der Waals surface area contributed by atoms with E-state index >= 15 is 0 Å². The number of rotatable bonds is 3. The van der Waals surface area contributed by atoms with Crippen LogP contribution in [0.15, 0.2) is 67.0 Å². The van der Waals surface area contributed by atoms with Crippen molar-refractivity contribution >= 4 is 40.7 Å². The summed E-state index contributed by atoms with van der Waals surface area (Å²) in [7, 11) is 0. The molecule has 5 rings (SSSR count). The van der Waals surface area contributed by atoms with Crippen molar-refractivity contribution in [1.82, 2.24) is 4.98 Å². The Morgan fingerprint density at radius 1 is 0.867 bits per heavy atom. The standard InChI is InChI=1S/C23H13Cl2N3O2/c24-16-9-17(25)11-18(10-16)28-21(29)19-20(22(28)30)23(19,15-5-7-27-8-6-15)14-3-1-13(12-26)2-4-14/h1-11,19-20H/t19-,20+,23+. The van der Waals surface area contributed by atoms with Crippen LogP contribution in [-0.2, 0) is 15.0 Å². The molecule has 2 aromatic carbocycles. The first-order valence-corrected chi connectivity index (χ1v) is 9.99. The van der Waals surface area contributed by atoms with Gasteiger partial charge in [0.2, 0.25) is 11.8 Å². The van der Waals surface area contributed by atoms with E-state index in [0.29, 0.717) is 21.3 Å². The van der Waals surface area contributed by atoms with Gasteiger partial charge in [0.25, 0.3) is 0 Å². The molecule has 1 saturated heterocycles. The Kier molecular flexibility index (Phi) is 4.18. The second-order valence-electron chi connectivity index (χ2n) is 7.39. The first-order chi connectivity index (χ1) is 14.5. The van der Waals surface area contributed by atoms with Gasteiger partial charge in [0.15, 0.2) is 0 Å². The van der Waals surface area contributed by atoms with Crippen LogP contribution in [0.5, 0.6) is 0 Å². The highest BCUT2D eigenvalue weighted by atomic mass is 35.5. The van der Waals surface area contributed by atoms with Crippen molar-refractivity contribution < 1.29 is 9.59 Å². The Balaban J connectivity index is 1.62. The molecule has 0 unspecified atom stereocenters. The summed E-state index contributed by atoms with van der Waals surface area (Å²) in [4.78, 5) is 32.1. The Bertz CT molecular complexity index is 1190. The Morgan fingerprint density at radius 2 is 1.40 bits per heavy atom. The van der Waals surface area contributed by atoms with Gasteiger partial charge < -0.3 is 0 Å². The second kappa shape index (κ2) is 6.66. The SMILES string of the molecule is N#Cc1ccc([C@@]2(c3ccncc3)[C@@H]3C(=O)N(c4cc(Cl)cc(Cl)c4)C(=O)[C@@H]32)cc1. The Labute approximate surface area is 182 Å². The minimum absolute atomic E-state index is 0.287. The van der Waals surface area contributed by atoms with Gasteiger partial charge in [-0.15, -0.1) is 0 Å². The van der Waals surface area contributed by atoms with E-state index in [1.165, 1.54) is 4.90 Å². The quantitative estimate of drug-likeness (QED) is 0.574. The van der Waals surface area contributed by atoms with E-state index in [-0.39, 0.29) is 11.8 Å². The fraction of sp³-hybridized carbons (Fsp3) is 0.130. The fourth-order valence-electron chi connectivity index (χ4n) is 4.71. The normalized spacial score (nSPS) is 24.5. The summed E-state index contributed by atoms with van der Waals surface area (Å²) in [5.41, 5.74) is 1.79. The highest BCUT2D eigenvalue weighted by Crippen LogP contribution is 2.68. The van der Waals surface area contributed by atoms with Crippen LogP contribution in [-0.4, -0.2) is 16.8 Å². The molecular weight excluding hydrogens is 421 g/mol. The van der Waals surface area contributed by atoms with Crippen LogP contribution < -0.4 is 4.90 Å². The predicted molar refractivity (Wildman–Crippen MR) is 112 cm³/mol. The lowest BCUT2D eigenvalue weighted by Crippen LogP contribution is -2.39. The predicted octanol–water partition coefficient (Wildman–Crippen LogP) is 4.37. The van der Waals surface area contributed by atoms with Crippen LogP contribution in [0.4, 0.5) is 5.69 Å². The lowest BCUT2D eigenvalue weighted by molar-refractivity contribution is -0.124. The van der Waals surface area contributed by atoms with Gasteiger partial charge in [0, 0.05) is 27.9 Å². The van der Waals surface area contributed by atoms with Crippen LogP contribution in [0.1, 0.15) is 16.7 Å². The van der Waals surface area contributed by atoms with Gasteiger partial charge in [-0.2, -0.15) is 5.26 Å². The lowest BCUT2D eigenvalue weighted by atomic mass is 9.83. The van der Waals surface area contributed by atoms with Gasteiger partial charge in [-0.1, -0.05) is 35.3 Å². The summed E-state index contributed by atoms with van der Waals surface area (Å²) in [6, 6.07) is 17.5. The topological polar surface area (TPSA) is 74.1 Å². The number of halogens is 2. The van der Waals surface area contributed by atoms with Crippen LogP contribution in [0.25, 0.3) is 0 Å². The molecule has 0 bridgehead atoms. The Hall–Kier alpha value is -3.20. The van der Waals surface area contributed by atoms with Crippen molar-refractivity contribution in [2.45, 2.75) is 5.41 Å². The van der Waals surface area contributed by atoms with Gasteiger partial charge >= 0.3 is 0 Å². The molecule has 0 radical (unpaired) electrons. The molecule has 2 fully saturated rings. The average molecular weight is 434 g/mol. The number of anilines is 1. The van der Waals surface area contributed by atoms with Gasteiger partial charge in [0.05, 0.1) is 29.2 Å². The van der Waals surface area contributed by atoms with Crippen LogP contribution in [0.3, 0.4) is 0 Å². The molecule has 3 aromatic rings. The number of pyridine rings is 1. The van der Waals surface area contributed by atoms with E-state index < -0.39 is 17.3 Å². The summed E-state index contributed by atoms with van der Waals surface area (Å²) in [5, 5.41) is 9.83. The molecule has 30 heavy (non-hydrogen) atoms. The molecular formula is C23H13Cl2N3O2. The van der Waals surface area contributed by atoms with Crippen molar-refractivity contribution in [3.05, 3.63) is 93.7 Å². The fourth-order valence-corrected chi connectivity index (χ4v) is 5.22. The highest BCUT2D eigenvalue weighted by molar-refractivity contribution is 6.36. The maximum absolute atomic E-state index is 13.4. The number of nitriles is 1. The van der Waals surface area contributed by atoms with Gasteiger partial charge in [-0.25, -0.2) is 4.90 Å². The van der Waals surface area contributed by atoms with Gasteiger partial charge in [-0.3, -0.25) is 14.6 Å². The molecule has 3 atom stereocenters. The molecule has 1 aliphatic heterocycles. The number of piperidine rings is 1. The minimum atomic E-state index is -0.774. The molecule has 146 valence electrons. The number of imide groups is 1. The lowest BCUT2D eigenvalue weighted by Gasteiger charge is -2.26. The third kappa shape index (κ3) is 2.51. The smallest absolute Gasteiger partial charge is 0.239 e. The molecule has 2 heterocycles. The molecule has 1 aliphatic carbocycles. The zero-order valence-corrected chi connectivity index (χ0v) is 16.9. The molecule has 1 aromatic heterocycles. The zero-order chi connectivity index (χ0) is 21.0. The van der Waals surface area contributed by atoms with Crippen LogP contribution in [0.2, 0.25) is 10.0 Å². The summed E-state index contributed by atoms with van der Waals surface area (Å²) in [6.07, 6.45) is 3.30. The number of hydrogen-bond acceptors (Lipinski definition) is 4. The molecule has 1 saturated carbocycles. The van der Waals surface area contributed by atoms with Gasteiger partial charge in [-0.05, 0) is 53.6 Å². The van der Waals surface area contributed by atoms with E-state index in [0.717, 1.165) is 11.1 Å². The number of carbonyl (C=O) groups excluding carboxylic acids is 2. The van der Waals surface area contributed by atoms with Crippen molar-refractivity contribution in [2.24, 2.45) is 11.8 Å². The summed E-state index contributed by atoms with van der Waals surface area (Å²) in [6.45, 7) is 0. The van der Waals surface area contributed by atoms with Crippen LogP contribution in [0, 0.1) is 23.2 Å². The number of fused-ring (bicyclic) bond motifs is 1. The molecule has 0 N–H and O–H groups in total. The first-order valence-electron chi connectivity index (χ1n) is 9.23. The number of carbonyl (C=O) groups is 2. The van der Waals surface area contributed by atoms with Crippen molar-refractivity contribution in [1.29, 1.82) is 5.26 Å². The number of nitrogens with zero attached hydrogens (tertiary/aromatic N) is 3. The summed E-state index contributed by atoms with van der Waals surface area (Å²) in [5.74, 6) is -1.66. The van der Waals surface area contributed by atoms with Gasteiger partial charge in [0.1, 0.15) is 0 Å². The van der Waals surface area contributed by atoms with Crippen molar-refractivity contribution in [3.63, 3.8) is 0 Å². The third-order valence-electron chi connectivity index (χ3n) is 5.93. The van der Waals surface area contributed by atoms with E-state index in [1.807, 2.05) is 24.3 Å². The maximum atomic E-state index is 13.4. The number of benzene rings is 2. The maximum Gasteiger partial charge on any atom is 0.239 e. The largest absolute Gasteiger partial charge is 0.274 e. The average Bonchev–Trinajstić information content (AvgIpc) is 3.37. The van der Waals surface area contributed by atoms with E-state index in [2.05, 4.69) is 11.1 Å². The first kappa shape index (κ1) is 18.8. The Morgan fingerprint density at radius 3 is 1.93 bits per heavy atom. The number of amides is 2. The van der Waals surface area contributed by atoms with E-state index in [9.17, 15) is 9.59 Å². The van der Waals surface area contributed by atoms with Crippen molar-refractivity contribution in [3.8, 4) is 6.07 Å². The molecule has 5 nitrogen and oxygen atoms in total. The second-order valence-corrected chi connectivity index (χ2v) is 8.26. The summed E-state index contributed by atoms with van der Waals surface area (Å²) < 4.78 is 0. The zero-order valence-electron chi connectivity index (χ0n) is 15.4. The highest BCUT2D eigenvalue weighted by Gasteiger charge is 2.78. The molecule has 2 aliphatic rings. The number of hydrogen-bond donors (Lipinski definition) is 0. The molecule has 2 amide bonds. The van der Waals surface area contributed by atoms with Crippen molar-refractivity contribution in [2.75, 3.05) is 4.90 Å². The molecule has 7 heteroatoms. The van der Waals surface area contributed by atoms with E-state index in [1.54, 1.807) is 42.7 Å². The van der Waals surface area contributed by atoms with Crippen LogP contribution >= 0.6 is 23.2 Å².